The Bertz CT molecular complexity index is 681. The van der Waals surface area contributed by atoms with Crippen LogP contribution in [-0.2, 0) is 0 Å². The number of benzene rings is 2. The molecule has 0 aliphatic heterocycles. The molecule has 0 saturated carbocycles. The maximum absolute atomic E-state index is 11.9. The fraction of sp³-hybridized carbons (Fsp3) is 0.0667. The first-order chi connectivity index (χ1) is 9.97. The van der Waals surface area contributed by atoms with Crippen molar-refractivity contribution in [3.63, 3.8) is 0 Å². The van der Waals surface area contributed by atoms with Crippen LogP contribution >= 0.6 is 11.6 Å². The maximum atomic E-state index is 11.9. The van der Waals surface area contributed by atoms with Gasteiger partial charge in [-0.3, -0.25) is 0 Å². The molecule has 0 bridgehead atoms. The van der Waals surface area contributed by atoms with E-state index in [2.05, 4.69) is 10.6 Å². The molecule has 21 heavy (non-hydrogen) atoms. The molecule has 0 aromatic heterocycles. The fourth-order valence-electron chi connectivity index (χ4n) is 1.80. The number of hydrogen-bond acceptors (Lipinski definition) is 2. The third-order valence-corrected chi connectivity index (χ3v) is 3.14. The minimum Gasteiger partial charge on any atom is -0.478 e. The number of carboxylic acids is 1. The Morgan fingerprint density at radius 2 is 1.81 bits per heavy atom. The van der Waals surface area contributed by atoms with E-state index in [1.54, 1.807) is 24.3 Å². The molecule has 0 saturated heterocycles. The van der Waals surface area contributed by atoms with Gasteiger partial charge >= 0.3 is 12.0 Å². The van der Waals surface area contributed by atoms with Gasteiger partial charge in [-0.15, -0.1) is 0 Å². The molecule has 2 aromatic rings. The number of aryl methyl sites for hydroxylation is 1. The minimum absolute atomic E-state index is 0.0988. The molecule has 2 rings (SSSR count). The molecule has 2 amide bonds. The number of carbonyl (C=O) groups excluding carboxylic acids is 1. The van der Waals surface area contributed by atoms with Crippen molar-refractivity contribution in [2.45, 2.75) is 6.92 Å². The summed E-state index contributed by atoms with van der Waals surface area (Å²) >= 11 is 6.02. The van der Waals surface area contributed by atoms with E-state index in [0.29, 0.717) is 16.4 Å². The molecule has 3 N–H and O–H groups in total. The number of anilines is 2. The SMILES string of the molecule is Cc1cccc(Cl)c1NC(=O)Nc1cccc(C(=O)O)c1. The highest BCUT2D eigenvalue weighted by Crippen LogP contribution is 2.25. The number of halogens is 1. The molecule has 0 spiro atoms. The van der Waals surface area contributed by atoms with Crippen LogP contribution in [0.25, 0.3) is 0 Å². The molecule has 5 nitrogen and oxygen atoms in total. The van der Waals surface area contributed by atoms with Crippen LogP contribution in [0.4, 0.5) is 16.2 Å². The molecule has 0 aliphatic carbocycles. The summed E-state index contributed by atoms with van der Waals surface area (Å²) in [6, 6.07) is 10.8. The van der Waals surface area contributed by atoms with E-state index in [0.717, 1.165) is 5.56 Å². The van der Waals surface area contributed by atoms with Crippen LogP contribution in [0.2, 0.25) is 5.02 Å². The minimum atomic E-state index is -1.05. The number of carbonyl (C=O) groups is 2. The number of amides is 2. The van der Waals surface area contributed by atoms with Crippen LogP contribution in [-0.4, -0.2) is 17.1 Å². The standard InChI is InChI=1S/C15H13ClN2O3/c1-9-4-2-7-12(16)13(9)18-15(21)17-11-6-3-5-10(8-11)14(19)20/h2-8H,1H3,(H,19,20)(H2,17,18,21). The van der Waals surface area contributed by atoms with Crippen molar-refractivity contribution >= 4 is 35.0 Å². The third kappa shape index (κ3) is 3.73. The highest BCUT2D eigenvalue weighted by molar-refractivity contribution is 6.34. The first-order valence-electron chi connectivity index (χ1n) is 6.14. The van der Waals surface area contributed by atoms with E-state index in [1.165, 1.54) is 12.1 Å². The summed E-state index contributed by atoms with van der Waals surface area (Å²) in [6.45, 7) is 1.83. The van der Waals surface area contributed by atoms with Crippen LogP contribution in [0.3, 0.4) is 0 Å². The first-order valence-corrected chi connectivity index (χ1v) is 6.51. The van der Waals surface area contributed by atoms with Crippen molar-refractivity contribution in [3.05, 3.63) is 58.6 Å². The monoisotopic (exact) mass is 304 g/mol. The van der Waals surface area contributed by atoms with Crippen LogP contribution in [0, 0.1) is 6.92 Å². The van der Waals surface area contributed by atoms with Crippen LogP contribution < -0.4 is 10.6 Å². The lowest BCUT2D eigenvalue weighted by Crippen LogP contribution is -2.20. The predicted octanol–water partition coefficient (Wildman–Crippen LogP) is 3.99. The normalized spacial score (nSPS) is 10.0. The van der Waals surface area contributed by atoms with Gasteiger partial charge in [-0.2, -0.15) is 0 Å². The molecular formula is C15H13ClN2O3. The van der Waals surface area contributed by atoms with Gasteiger partial charge in [0.15, 0.2) is 0 Å². The average molecular weight is 305 g/mol. The van der Waals surface area contributed by atoms with Gasteiger partial charge < -0.3 is 15.7 Å². The van der Waals surface area contributed by atoms with Crippen LogP contribution in [0.15, 0.2) is 42.5 Å². The molecule has 0 fully saturated rings. The lowest BCUT2D eigenvalue weighted by molar-refractivity contribution is 0.0697. The van der Waals surface area contributed by atoms with Gasteiger partial charge in [0.2, 0.25) is 0 Å². The van der Waals surface area contributed by atoms with Crippen molar-refractivity contribution in [2.75, 3.05) is 10.6 Å². The van der Waals surface area contributed by atoms with Gasteiger partial charge in [0, 0.05) is 5.69 Å². The smallest absolute Gasteiger partial charge is 0.335 e. The summed E-state index contributed by atoms with van der Waals surface area (Å²) in [5, 5.41) is 14.6. The van der Waals surface area contributed by atoms with Crippen molar-refractivity contribution in [2.24, 2.45) is 0 Å². The number of para-hydroxylation sites is 1. The van der Waals surface area contributed by atoms with Gasteiger partial charge in [-0.1, -0.05) is 29.8 Å². The maximum Gasteiger partial charge on any atom is 0.335 e. The van der Waals surface area contributed by atoms with E-state index >= 15 is 0 Å². The van der Waals surface area contributed by atoms with E-state index in [1.807, 2.05) is 13.0 Å². The first kappa shape index (κ1) is 14.9. The fourth-order valence-corrected chi connectivity index (χ4v) is 2.07. The molecule has 0 aliphatic rings. The summed E-state index contributed by atoms with van der Waals surface area (Å²) in [6.07, 6.45) is 0. The Hall–Kier alpha value is -2.53. The second-order valence-corrected chi connectivity index (χ2v) is 4.80. The highest BCUT2D eigenvalue weighted by Gasteiger charge is 2.09. The Morgan fingerprint density at radius 3 is 2.48 bits per heavy atom. The molecule has 0 atom stereocenters. The Kier molecular flexibility index (Phi) is 4.45. The molecule has 0 radical (unpaired) electrons. The number of carboxylic acid groups (broad SMARTS) is 1. The van der Waals surface area contributed by atoms with Gasteiger partial charge in [0.25, 0.3) is 0 Å². The number of rotatable bonds is 3. The van der Waals surface area contributed by atoms with Gasteiger partial charge in [0.1, 0.15) is 0 Å². The molecular weight excluding hydrogens is 292 g/mol. The van der Waals surface area contributed by atoms with Gasteiger partial charge in [-0.25, -0.2) is 9.59 Å². The van der Waals surface area contributed by atoms with Gasteiger partial charge in [-0.05, 0) is 36.8 Å². The van der Waals surface area contributed by atoms with Crippen molar-refractivity contribution < 1.29 is 14.7 Å². The lowest BCUT2D eigenvalue weighted by Gasteiger charge is -2.11. The zero-order valence-electron chi connectivity index (χ0n) is 11.2. The summed E-state index contributed by atoms with van der Waals surface area (Å²) in [5.74, 6) is -1.05. The molecule has 0 heterocycles. The second-order valence-electron chi connectivity index (χ2n) is 4.40. The van der Waals surface area contributed by atoms with E-state index in [-0.39, 0.29) is 5.56 Å². The highest BCUT2D eigenvalue weighted by atomic mass is 35.5. The number of aromatic carboxylic acids is 1. The topological polar surface area (TPSA) is 78.4 Å². The summed E-state index contributed by atoms with van der Waals surface area (Å²) in [5.41, 5.74) is 1.84. The van der Waals surface area contributed by atoms with Crippen LogP contribution in [0.5, 0.6) is 0 Å². The summed E-state index contributed by atoms with van der Waals surface area (Å²) in [7, 11) is 0. The zero-order chi connectivity index (χ0) is 15.4. The predicted molar refractivity (Wildman–Crippen MR) is 82.2 cm³/mol. The molecule has 108 valence electrons. The van der Waals surface area contributed by atoms with Crippen molar-refractivity contribution in [1.29, 1.82) is 0 Å². The van der Waals surface area contributed by atoms with E-state index in [4.69, 9.17) is 16.7 Å². The number of nitrogens with one attached hydrogen (secondary N) is 2. The summed E-state index contributed by atoms with van der Waals surface area (Å²) < 4.78 is 0. The second kappa shape index (κ2) is 6.28. The van der Waals surface area contributed by atoms with Gasteiger partial charge in [0.05, 0.1) is 16.3 Å². The van der Waals surface area contributed by atoms with Crippen molar-refractivity contribution in [1.82, 2.24) is 0 Å². The van der Waals surface area contributed by atoms with Crippen molar-refractivity contribution in [3.8, 4) is 0 Å². The largest absolute Gasteiger partial charge is 0.478 e. The Labute approximate surface area is 126 Å². The number of urea groups is 1. The lowest BCUT2D eigenvalue weighted by atomic mass is 10.2. The molecule has 2 aromatic carbocycles. The van der Waals surface area contributed by atoms with E-state index < -0.39 is 12.0 Å². The van der Waals surface area contributed by atoms with E-state index in [9.17, 15) is 9.59 Å². The Balaban J connectivity index is 2.12. The summed E-state index contributed by atoms with van der Waals surface area (Å²) in [4.78, 5) is 22.8. The zero-order valence-corrected chi connectivity index (χ0v) is 11.9. The quantitative estimate of drug-likeness (QED) is 0.802. The third-order valence-electron chi connectivity index (χ3n) is 2.83. The average Bonchev–Trinajstić information content (AvgIpc) is 2.43. The van der Waals surface area contributed by atoms with Crippen LogP contribution in [0.1, 0.15) is 15.9 Å². The molecule has 0 unspecified atom stereocenters. The number of hydrogen-bond donors (Lipinski definition) is 3. The Morgan fingerprint density at radius 1 is 1.10 bits per heavy atom. The molecule has 6 heteroatoms.